The Labute approximate surface area is 274 Å². The third-order valence-electron chi connectivity index (χ3n) is 7.97. The molecule has 2 aliphatic heterocycles. The van der Waals surface area contributed by atoms with Gasteiger partial charge in [0.05, 0.1) is 0 Å². The molecule has 3 heterocycles. The standard InChI is InChI=1S/C31H33N3O4.C8H14/c1-2-3-14-34-26(18-32-31(34)25-7-5-4-6-8-25)13-15-33(19-23-9-11-27-29(16-23)37-21-35-27)20-24-10-12-28-30(17-24)38-22-36-28;1-4-5-6-7-8(2)3/h4-12,16-18H,2-3,13-15,19-22H2,1H3;4-5,7H,6H2,1-3H3/b;5-4-. The van der Waals surface area contributed by atoms with E-state index in [9.17, 15) is 0 Å². The van der Waals surface area contributed by atoms with Crippen LogP contribution >= 0.6 is 0 Å². The SMILES string of the molecule is C/C=C\CC=C(C)C.CCCCn1c(CCN(Cc2ccc3c(c2)OCO3)Cc2ccc3c(c2)OCO3)cnc1-c1ccccc1. The molecule has 0 fully saturated rings. The number of unbranched alkanes of at least 4 members (excludes halogenated alkanes) is 1. The molecule has 0 atom stereocenters. The van der Waals surface area contributed by atoms with Crippen LogP contribution in [0.2, 0.25) is 0 Å². The molecule has 4 aromatic rings. The van der Waals surface area contributed by atoms with Gasteiger partial charge in [0.2, 0.25) is 13.6 Å². The van der Waals surface area contributed by atoms with E-state index in [1.807, 2.05) is 25.1 Å². The van der Waals surface area contributed by atoms with E-state index in [4.69, 9.17) is 23.9 Å². The maximum atomic E-state index is 5.63. The average molecular weight is 622 g/mol. The van der Waals surface area contributed by atoms with Crippen LogP contribution in [0.4, 0.5) is 0 Å². The highest BCUT2D eigenvalue weighted by molar-refractivity contribution is 5.56. The number of ether oxygens (including phenoxy) is 4. The van der Waals surface area contributed by atoms with Gasteiger partial charge in [0.1, 0.15) is 5.82 Å². The van der Waals surface area contributed by atoms with Gasteiger partial charge in [0.15, 0.2) is 23.0 Å². The van der Waals surface area contributed by atoms with Crippen LogP contribution in [0.1, 0.15) is 63.8 Å². The van der Waals surface area contributed by atoms with Gasteiger partial charge in [0, 0.05) is 50.1 Å². The lowest BCUT2D eigenvalue weighted by Gasteiger charge is -2.23. The molecular formula is C39H47N3O4. The highest BCUT2D eigenvalue weighted by atomic mass is 16.7. The van der Waals surface area contributed by atoms with Crippen molar-refractivity contribution in [2.45, 2.75) is 73.0 Å². The Balaban J connectivity index is 0.000000463. The molecule has 0 aliphatic carbocycles. The summed E-state index contributed by atoms with van der Waals surface area (Å²) in [7, 11) is 0. The maximum Gasteiger partial charge on any atom is 0.231 e. The molecule has 0 N–H and O–H groups in total. The topological polar surface area (TPSA) is 58.0 Å². The summed E-state index contributed by atoms with van der Waals surface area (Å²) in [4.78, 5) is 7.31. The van der Waals surface area contributed by atoms with Gasteiger partial charge in [0.25, 0.3) is 0 Å². The number of aromatic nitrogens is 2. The summed E-state index contributed by atoms with van der Waals surface area (Å²) >= 11 is 0. The van der Waals surface area contributed by atoms with Crippen LogP contribution in [0.5, 0.6) is 23.0 Å². The fourth-order valence-electron chi connectivity index (χ4n) is 5.52. The Morgan fingerprint density at radius 3 is 2.07 bits per heavy atom. The number of nitrogens with zero attached hydrogens (tertiary/aromatic N) is 3. The van der Waals surface area contributed by atoms with Gasteiger partial charge < -0.3 is 23.5 Å². The molecule has 0 unspecified atom stereocenters. The largest absolute Gasteiger partial charge is 0.454 e. The molecule has 2 aliphatic rings. The van der Waals surface area contributed by atoms with Crippen molar-refractivity contribution in [2.24, 2.45) is 0 Å². The first kappa shape index (κ1) is 32.9. The van der Waals surface area contributed by atoms with Crippen LogP contribution in [-0.4, -0.2) is 34.6 Å². The highest BCUT2D eigenvalue weighted by Crippen LogP contribution is 2.34. The van der Waals surface area contributed by atoms with Crippen LogP contribution in [0.15, 0.2) is 96.7 Å². The fraction of sp³-hybridized carbons (Fsp3) is 0.359. The molecule has 7 nitrogen and oxygen atoms in total. The summed E-state index contributed by atoms with van der Waals surface area (Å²) in [6.07, 6.45) is 12.7. The Morgan fingerprint density at radius 2 is 1.48 bits per heavy atom. The van der Waals surface area contributed by atoms with Gasteiger partial charge in [-0.1, -0.05) is 79.6 Å². The number of hydrogen-bond acceptors (Lipinski definition) is 6. The van der Waals surface area contributed by atoms with Crippen molar-refractivity contribution in [3.8, 4) is 34.4 Å². The number of fused-ring (bicyclic) bond motifs is 2. The molecule has 0 amide bonds. The van der Waals surface area contributed by atoms with Gasteiger partial charge in [-0.3, -0.25) is 4.90 Å². The average Bonchev–Trinajstić information content (AvgIpc) is 3.83. The molecule has 1 aromatic heterocycles. The molecule has 7 heteroatoms. The summed E-state index contributed by atoms with van der Waals surface area (Å²) in [6, 6.07) is 22.9. The second-order valence-corrected chi connectivity index (χ2v) is 11.9. The highest BCUT2D eigenvalue weighted by Gasteiger charge is 2.19. The van der Waals surface area contributed by atoms with Gasteiger partial charge in [-0.05, 0) is 69.0 Å². The zero-order valence-corrected chi connectivity index (χ0v) is 27.7. The lowest BCUT2D eigenvalue weighted by Crippen LogP contribution is -2.26. The zero-order valence-electron chi connectivity index (χ0n) is 27.7. The van der Waals surface area contributed by atoms with E-state index in [2.05, 4.69) is 103 Å². The molecule has 0 spiro atoms. The Kier molecular flexibility index (Phi) is 12.0. The van der Waals surface area contributed by atoms with Crippen molar-refractivity contribution in [1.29, 1.82) is 0 Å². The van der Waals surface area contributed by atoms with E-state index >= 15 is 0 Å². The second-order valence-electron chi connectivity index (χ2n) is 11.9. The zero-order chi connectivity index (χ0) is 32.1. The van der Waals surface area contributed by atoms with Crippen molar-refractivity contribution < 1.29 is 18.9 Å². The van der Waals surface area contributed by atoms with E-state index in [1.165, 1.54) is 22.4 Å². The van der Waals surface area contributed by atoms with Gasteiger partial charge >= 0.3 is 0 Å². The summed E-state index contributed by atoms with van der Waals surface area (Å²) in [6.45, 7) is 12.5. The lowest BCUT2D eigenvalue weighted by atomic mass is 10.1. The first-order chi connectivity index (χ1) is 22.5. The number of imidazole rings is 1. The Morgan fingerprint density at radius 1 is 0.848 bits per heavy atom. The Hall–Kier alpha value is -4.49. The lowest BCUT2D eigenvalue weighted by molar-refractivity contribution is 0.173. The predicted molar refractivity (Wildman–Crippen MR) is 184 cm³/mol. The monoisotopic (exact) mass is 621 g/mol. The van der Waals surface area contributed by atoms with E-state index < -0.39 is 0 Å². The van der Waals surface area contributed by atoms with Crippen LogP contribution in [0, 0.1) is 0 Å². The fourth-order valence-corrected chi connectivity index (χ4v) is 5.52. The van der Waals surface area contributed by atoms with Crippen LogP contribution in [-0.2, 0) is 26.1 Å². The number of rotatable bonds is 13. The van der Waals surface area contributed by atoms with Crippen LogP contribution < -0.4 is 18.9 Å². The van der Waals surface area contributed by atoms with E-state index in [1.54, 1.807) is 0 Å². The smallest absolute Gasteiger partial charge is 0.231 e. The third kappa shape index (κ3) is 9.04. The van der Waals surface area contributed by atoms with Gasteiger partial charge in [-0.2, -0.15) is 0 Å². The summed E-state index contributed by atoms with van der Waals surface area (Å²) < 4.78 is 24.7. The normalized spacial score (nSPS) is 12.8. The second kappa shape index (κ2) is 16.7. The van der Waals surface area contributed by atoms with Crippen molar-refractivity contribution in [1.82, 2.24) is 14.5 Å². The Bertz CT molecular complexity index is 1550. The first-order valence-electron chi connectivity index (χ1n) is 16.4. The summed E-state index contributed by atoms with van der Waals surface area (Å²) in [5, 5.41) is 0. The van der Waals surface area contributed by atoms with Gasteiger partial charge in [-0.25, -0.2) is 4.98 Å². The maximum absolute atomic E-state index is 5.63. The molecule has 3 aromatic carbocycles. The number of hydrogen-bond donors (Lipinski definition) is 0. The molecule has 242 valence electrons. The van der Waals surface area contributed by atoms with E-state index in [0.29, 0.717) is 0 Å². The minimum atomic E-state index is 0.283. The first-order valence-corrected chi connectivity index (χ1v) is 16.4. The van der Waals surface area contributed by atoms with E-state index in [-0.39, 0.29) is 13.6 Å². The van der Waals surface area contributed by atoms with Crippen molar-refractivity contribution in [3.63, 3.8) is 0 Å². The van der Waals surface area contributed by atoms with E-state index in [0.717, 1.165) is 86.2 Å². The van der Waals surface area contributed by atoms with Crippen molar-refractivity contribution >= 4 is 0 Å². The molecule has 0 saturated heterocycles. The van der Waals surface area contributed by atoms with Crippen LogP contribution in [0.3, 0.4) is 0 Å². The molecule has 0 radical (unpaired) electrons. The molecule has 6 rings (SSSR count). The van der Waals surface area contributed by atoms with Gasteiger partial charge in [-0.15, -0.1) is 0 Å². The third-order valence-corrected chi connectivity index (χ3v) is 7.97. The predicted octanol–water partition coefficient (Wildman–Crippen LogP) is 8.97. The minimum absolute atomic E-state index is 0.283. The molecule has 0 saturated carbocycles. The summed E-state index contributed by atoms with van der Waals surface area (Å²) in [5.41, 5.74) is 6.20. The quantitative estimate of drug-likeness (QED) is 0.139. The molecular weight excluding hydrogens is 574 g/mol. The molecule has 46 heavy (non-hydrogen) atoms. The summed E-state index contributed by atoms with van der Waals surface area (Å²) in [5.74, 6) is 4.30. The van der Waals surface area contributed by atoms with Crippen molar-refractivity contribution in [2.75, 3.05) is 20.1 Å². The van der Waals surface area contributed by atoms with Crippen LogP contribution in [0.25, 0.3) is 11.4 Å². The number of allylic oxidation sites excluding steroid dienone is 4. The molecule has 0 bridgehead atoms. The van der Waals surface area contributed by atoms with Crippen molar-refractivity contribution in [3.05, 3.63) is 114 Å². The number of benzene rings is 3. The minimum Gasteiger partial charge on any atom is -0.454 e.